The minimum atomic E-state index is -4.78. The second-order valence-corrected chi connectivity index (χ2v) is 21.9. The summed E-state index contributed by atoms with van der Waals surface area (Å²) in [4.78, 5) is 48.7. The van der Waals surface area contributed by atoms with E-state index in [2.05, 4.69) is 142 Å². The third-order valence-electron chi connectivity index (χ3n) is 12.8. The molecule has 11 nitrogen and oxygen atoms in total. The molecule has 80 heavy (non-hydrogen) atoms. The molecule has 0 aliphatic heterocycles. The Balaban J connectivity index is 4.80. The first-order valence-electron chi connectivity index (χ1n) is 31.4. The third kappa shape index (κ3) is 58.5. The van der Waals surface area contributed by atoms with E-state index in [0.29, 0.717) is 19.3 Å². The molecule has 0 aromatic carbocycles. The van der Waals surface area contributed by atoms with Gasteiger partial charge >= 0.3 is 25.7 Å². The predicted molar refractivity (Wildman–Crippen MR) is 334 cm³/mol. The minimum absolute atomic E-state index is 0.120. The molecule has 0 rings (SSSR count). The van der Waals surface area contributed by atoms with Crippen LogP contribution >= 0.6 is 7.82 Å². The molecule has 0 aromatic heterocycles. The average Bonchev–Trinajstić information content (AvgIpc) is 3.45. The number of phosphoric acid groups is 1. The maximum absolute atomic E-state index is 13.0. The molecule has 12 heteroatoms. The average molecular weight is 1140 g/mol. The molecule has 0 bridgehead atoms. The zero-order chi connectivity index (χ0) is 58.3. The van der Waals surface area contributed by atoms with E-state index in [1.165, 1.54) is 44.9 Å². The van der Waals surface area contributed by atoms with Crippen molar-refractivity contribution in [1.82, 2.24) is 0 Å². The van der Waals surface area contributed by atoms with E-state index < -0.39 is 57.8 Å². The molecule has 0 aromatic rings. The molecule has 0 saturated heterocycles. The Morgan fingerprint density at radius 3 is 1.01 bits per heavy atom. The number of rotatable bonds is 57. The number of aliphatic hydroxyl groups excluding tert-OH is 1. The number of phosphoric ester groups is 1. The van der Waals surface area contributed by atoms with Crippen LogP contribution in [0.25, 0.3) is 0 Å². The lowest BCUT2D eigenvalue weighted by molar-refractivity contribution is -0.161. The smallest absolute Gasteiger partial charge is 0.462 e. The van der Waals surface area contributed by atoms with Gasteiger partial charge in [0.1, 0.15) is 12.7 Å². The first-order chi connectivity index (χ1) is 39.2. The Bertz CT molecular complexity index is 1800. The first-order valence-corrected chi connectivity index (χ1v) is 32.9. The number of carbonyl (C=O) groups excluding carboxylic acids is 3. The fourth-order valence-corrected chi connectivity index (χ4v) is 8.92. The van der Waals surface area contributed by atoms with Gasteiger partial charge < -0.3 is 24.2 Å². The maximum atomic E-state index is 13.0. The number of hydrogen-bond acceptors (Lipinski definition) is 10. The Kier molecular flexibility index (Phi) is 57.8. The van der Waals surface area contributed by atoms with Crippen LogP contribution in [0, 0.1) is 0 Å². The van der Waals surface area contributed by atoms with Crippen molar-refractivity contribution in [2.75, 3.05) is 26.4 Å². The Morgan fingerprint density at radius 2 is 0.650 bits per heavy atom. The summed E-state index contributed by atoms with van der Waals surface area (Å²) in [6.07, 6.45) is 75.7. The van der Waals surface area contributed by atoms with Crippen molar-refractivity contribution in [1.29, 1.82) is 0 Å². The van der Waals surface area contributed by atoms with Crippen molar-refractivity contribution in [2.45, 2.75) is 264 Å². The SMILES string of the molecule is CC/C=C\C/C=C\C/C=C\C/C=C\C/C=C\CCCCCC(=O)OC(COC(=O)CCCCCCCCC/C=C\C/C=C\CCCCC)COP(=O)(O)OCC(CO)OC(=O)CCCCCCCCC/C=C\C/C=C\C/C=C\CC. The van der Waals surface area contributed by atoms with Crippen LogP contribution in [0.4, 0.5) is 0 Å². The lowest BCUT2D eigenvalue weighted by Crippen LogP contribution is -2.30. The summed E-state index contributed by atoms with van der Waals surface area (Å²) in [5, 5.41) is 9.85. The molecule has 2 N–H and O–H groups in total. The molecule has 456 valence electrons. The van der Waals surface area contributed by atoms with Crippen LogP contribution < -0.4 is 0 Å². The quantitative estimate of drug-likeness (QED) is 0.0197. The maximum Gasteiger partial charge on any atom is 0.472 e. The highest BCUT2D eigenvalue weighted by molar-refractivity contribution is 7.47. The molecule has 0 saturated carbocycles. The van der Waals surface area contributed by atoms with Gasteiger partial charge in [0, 0.05) is 19.3 Å². The Hall–Kier alpha value is -4.12. The summed E-state index contributed by atoms with van der Waals surface area (Å²) in [6.45, 7) is 4.35. The van der Waals surface area contributed by atoms with Crippen LogP contribution in [0.1, 0.15) is 252 Å². The van der Waals surface area contributed by atoms with Gasteiger partial charge in [-0.05, 0) is 128 Å². The minimum Gasteiger partial charge on any atom is -0.462 e. The number of aliphatic hydroxyl groups is 1. The summed E-state index contributed by atoms with van der Waals surface area (Å²) in [5.74, 6) is -1.53. The van der Waals surface area contributed by atoms with Crippen LogP contribution in [-0.4, -0.2) is 66.5 Å². The molecule has 3 atom stereocenters. The molecular weight excluding hydrogens is 1020 g/mol. The number of unbranched alkanes of at least 4 members (excludes halogenated alkanes) is 20. The lowest BCUT2D eigenvalue weighted by Gasteiger charge is -2.21. The van der Waals surface area contributed by atoms with Gasteiger partial charge in [-0.2, -0.15) is 0 Å². The number of ether oxygens (including phenoxy) is 3. The van der Waals surface area contributed by atoms with E-state index in [-0.39, 0.29) is 25.9 Å². The molecule has 0 spiro atoms. The summed E-state index contributed by atoms with van der Waals surface area (Å²) in [6, 6.07) is 0. The van der Waals surface area contributed by atoms with Gasteiger partial charge in [0.2, 0.25) is 0 Å². The highest BCUT2D eigenvalue weighted by Crippen LogP contribution is 2.43. The molecular formula is C68H113O11P. The Labute approximate surface area is 487 Å². The molecule has 3 unspecified atom stereocenters. The Morgan fingerprint density at radius 1 is 0.362 bits per heavy atom. The summed E-state index contributed by atoms with van der Waals surface area (Å²) < 4.78 is 39.6. The summed E-state index contributed by atoms with van der Waals surface area (Å²) >= 11 is 0. The van der Waals surface area contributed by atoms with Gasteiger partial charge in [0.15, 0.2) is 6.10 Å². The monoisotopic (exact) mass is 1140 g/mol. The molecule has 0 aliphatic rings. The molecule has 0 amide bonds. The lowest BCUT2D eigenvalue weighted by atomic mass is 10.1. The van der Waals surface area contributed by atoms with E-state index in [1.807, 2.05) is 0 Å². The highest BCUT2D eigenvalue weighted by Gasteiger charge is 2.28. The fraction of sp³-hybridized carbons (Fsp3) is 0.662. The van der Waals surface area contributed by atoms with Crippen molar-refractivity contribution in [3.63, 3.8) is 0 Å². The van der Waals surface area contributed by atoms with Gasteiger partial charge in [-0.25, -0.2) is 4.57 Å². The summed E-state index contributed by atoms with van der Waals surface area (Å²) in [5.41, 5.74) is 0. The second-order valence-electron chi connectivity index (χ2n) is 20.5. The number of carbonyl (C=O) groups is 3. The standard InChI is InChI=1S/C68H113O11P/c1-4-7-10-13-16-19-22-25-28-31-32-35-38-41-44-47-50-53-56-59-68(72)79-65(61-75-66(70)57-54-51-48-45-42-39-36-33-29-26-23-20-17-14-11-8-5-2)63-77-80(73,74)76-62-64(60-69)78-67(71)58-55-52-49-46-43-40-37-34-30-27-24-21-18-15-12-9-6-3/h7,9-10,12,16-21,25-30,32,35,41,44,64-65,69H,4-6,8,11,13-15,22-24,31,33-34,36-40,42-43,45-63H2,1-3H3,(H,73,74)/b10-7-,12-9-,19-16-,20-17-,21-18-,28-25-,29-26-,30-27-,35-32-,44-41-. The van der Waals surface area contributed by atoms with E-state index >= 15 is 0 Å². The van der Waals surface area contributed by atoms with E-state index in [0.717, 1.165) is 148 Å². The predicted octanol–water partition coefficient (Wildman–Crippen LogP) is 19.1. The van der Waals surface area contributed by atoms with Crippen molar-refractivity contribution in [3.8, 4) is 0 Å². The van der Waals surface area contributed by atoms with Crippen molar-refractivity contribution >= 4 is 25.7 Å². The molecule has 0 aliphatic carbocycles. The van der Waals surface area contributed by atoms with Crippen LogP contribution in [0.2, 0.25) is 0 Å². The third-order valence-corrected chi connectivity index (χ3v) is 13.8. The van der Waals surface area contributed by atoms with Crippen LogP contribution in [0.15, 0.2) is 122 Å². The topological polar surface area (TPSA) is 155 Å². The number of esters is 3. The highest BCUT2D eigenvalue weighted by atomic mass is 31.2. The van der Waals surface area contributed by atoms with Gasteiger partial charge in [-0.1, -0.05) is 226 Å². The molecule has 0 radical (unpaired) electrons. The van der Waals surface area contributed by atoms with Gasteiger partial charge in [-0.3, -0.25) is 23.4 Å². The second kappa shape index (κ2) is 61.0. The van der Waals surface area contributed by atoms with Crippen molar-refractivity contribution in [3.05, 3.63) is 122 Å². The van der Waals surface area contributed by atoms with Gasteiger partial charge in [0.25, 0.3) is 0 Å². The summed E-state index contributed by atoms with van der Waals surface area (Å²) in [7, 11) is -4.78. The van der Waals surface area contributed by atoms with E-state index in [1.54, 1.807) is 0 Å². The largest absolute Gasteiger partial charge is 0.472 e. The zero-order valence-corrected chi connectivity index (χ0v) is 51.4. The number of allylic oxidation sites excluding steroid dienone is 20. The van der Waals surface area contributed by atoms with Crippen molar-refractivity contribution in [2.24, 2.45) is 0 Å². The van der Waals surface area contributed by atoms with Crippen LogP contribution in [0.5, 0.6) is 0 Å². The van der Waals surface area contributed by atoms with Crippen molar-refractivity contribution < 1.29 is 52.2 Å². The van der Waals surface area contributed by atoms with Crippen LogP contribution in [0.3, 0.4) is 0 Å². The molecule has 0 heterocycles. The first kappa shape index (κ1) is 75.9. The zero-order valence-electron chi connectivity index (χ0n) is 50.5. The van der Waals surface area contributed by atoms with Crippen LogP contribution in [-0.2, 0) is 42.2 Å². The normalized spacial score (nSPS) is 14.1. The van der Waals surface area contributed by atoms with Gasteiger partial charge in [-0.15, -0.1) is 0 Å². The molecule has 0 fully saturated rings. The number of hydrogen-bond donors (Lipinski definition) is 2. The fourth-order valence-electron chi connectivity index (χ4n) is 8.13. The van der Waals surface area contributed by atoms with Gasteiger partial charge in [0.05, 0.1) is 19.8 Å². The van der Waals surface area contributed by atoms with E-state index in [9.17, 15) is 28.9 Å². The van der Waals surface area contributed by atoms with E-state index in [4.69, 9.17) is 23.3 Å².